The Morgan fingerprint density at radius 2 is 2.29 bits per heavy atom. The minimum Gasteiger partial charge on any atom is -0.383 e. The van der Waals surface area contributed by atoms with Crippen LogP contribution in [0.4, 0.5) is 5.69 Å². The lowest BCUT2D eigenvalue weighted by Crippen LogP contribution is -2.26. The molecule has 0 radical (unpaired) electrons. The molecule has 17 heavy (non-hydrogen) atoms. The topological polar surface area (TPSA) is 81.5 Å². The molecule has 0 bridgehead atoms. The second-order valence-corrected chi connectivity index (χ2v) is 3.58. The minimum atomic E-state index is -0.631. The number of nitrogens with zero attached hydrogens (tertiary/aromatic N) is 1. The first-order valence-electron chi connectivity index (χ1n) is 4.77. The first kappa shape index (κ1) is 13.4. The highest BCUT2D eigenvalue weighted by Gasteiger charge is 2.15. The van der Waals surface area contributed by atoms with Crippen LogP contribution in [0.3, 0.4) is 0 Å². The summed E-state index contributed by atoms with van der Waals surface area (Å²) in [4.78, 5) is 21.6. The summed E-state index contributed by atoms with van der Waals surface area (Å²) in [6.07, 6.45) is 0. The number of carbonyl (C=O) groups excluding carboxylic acids is 1. The molecule has 1 aromatic rings. The largest absolute Gasteiger partial charge is 0.383 e. The molecule has 1 rings (SSSR count). The van der Waals surface area contributed by atoms with Gasteiger partial charge in [0.15, 0.2) is 0 Å². The van der Waals surface area contributed by atoms with E-state index in [0.29, 0.717) is 13.2 Å². The normalized spacial score (nSPS) is 10.0. The second kappa shape index (κ2) is 6.17. The zero-order valence-corrected chi connectivity index (χ0v) is 9.86. The van der Waals surface area contributed by atoms with Crippen molar-refractivity contribution in [2.45, 2.75) is 0 Å². The van der Waals surface area contributed by atoms with Gasteiger partial charge >= 0.3 is 0 Å². The molecule has 0 atom stereocenters. The molecule has 1 amide bonds. The number of methoxy groups -OCH3 is 1. The first-order valence-corrected chi connectivity index (χ1v) is 5.15. The quantitative estimate of drug-likeness (QED) is 0.494. The number of amides is 1. The molecule has 0 saturated carbocycles. The van der Waals surface area contributed by atoms with Crippen LogP contribution < -0.4 is 5.32 Å². The molecular weight excluding hydrogens is 248 g/mol. The number of ether oxygens (including phenoxy) is 1. The van der Waals surface area contributed by atoms with Crippen molar-refractivity contribution in [3.05, 3.63) is 38.9 Å². The Morgan fingerprint density at radius 3 is 2.88 bits per heavy atom. The van der Waals surface area contributed by atoms with Crippen molar-refractivity contribution < 1.29 is 14.5 Å². The Bertz CT molecular complexity index is 436. The predicted octanol–water partition coefficient (Wildman–Crippen LogP) is 1.62. The monoisotopic (exact) mass is 258 g/mol. The fourth-order valence-electron chi connectivity index (χ4n) is 1.16. The van der Waals surface area contributed by atoms with Crippen LogP contribution in [0.2, 0.25) is 5.02 Å². The molecule has 1 N–H and O–H groups in total. The zero-order chi connectivity index (χ0) is 12.8. The van der Waals surface area contributed by atoms with Gasteiger partial charge in [0.05, 0.1) is 11.5 Å². The van der Waals surface area contributed by atoms with Gasteiger partial charge in [0.1, 0.15) is 5.02 Å². The van der Waals surface area contributed by atoms with Crippen molar-refractivity contribution in [3.8, 4) is 0 Å². The number of hydrogen-bond acceptors (Lipinski definition) is 4. The van der Waals surface area contributed by atoms with Gasteiger partial charge in [-0.1, -0.05) is 11.6 Å². The number of rotatable bonds is 5. The molecule has 0 fully saturated rings. The van der Waals surface area contributed by atoms with Gasteiger partial charge in [-0.2, -0.15) is 0 Å². The van der Waals surface area contributed by atoms with Gasteiger partial charge < -0.3 is 10.1 Å². The van der Waals surface area contributed by atoms with E-state index in [1.807, 2.05) is 0 Å². The lowest BCUT2D eigenvalue weighted by Gasteiger charge is -2.04. The Kier molecular flexibility index (Phi) is 4.86. The van der Waals surface area contributed by atoms with E-state index in [1.165, 1.54) is 19.2 Å². The van der Waals surface area contributed by atoms with Gasteiger partial charge in [-0.15, -0.1) is 0 Å². The van der Waals surface area contributed by atoms with Gasteiger partial charge in [0, 0.05) is 25.3 Å². The summed E-state index contributed by atoms with van der Waals surface area (Å²) in [5.41, 5.74) is -0.0942. The van der Waals surface area contributed by atoms with Crippen LogP contribution in [0.15, 0.2) is 18.2 Å². The average molecular weight is 259 g/mol. The number of benzene rings is 1. The number of nitro groups is 1. The summed E-state index contributed by atoms with van der Waals surface area (Å²) in [6, 6.07) is 3.90. The number of halogens is 1. The van der Waals surface area contributed by atoms with Gasteiger partial charge in [0.25, 0.3) is 11.6 Å². The van der Waals surface area contributed by atoms with E-state index in [0.717, 1.165) is 6.07 Å². The summed E-state index contributed by atoms with van der Waals surface area (Å²) in [7, 11) is 1.51. The highest BCUT2D eigenvalue weighted by Crippen LogP contribution is 2.24. The lowest BCUT2D eigenvalue weighted by molar-refractivity contribution is -0.384. The van der Waals surface area contributed by atoms with E-state index in [9.17, 15) is 14.9 Å². The van der Waals surface area contributed by atoms with Gasteiger partial charge in [-0.25, -0.2) is 0 Å². The van der Waals surface area contributed by atoms with Gasteiger partial charge in [0.2, 0.25) is 0 Å². The molecule has 92 valence electrons. The van der Waals surface area contributed by atoms with Crippen LogP contribution in [0.5, 0.6) is 0 Å². The molecule has 0 aromatic heterocycles. The van der Waals surface area contributed by atoms with Crippen LogP contribution in [0.1, 0.15) is 10.4 Å². The van der Waals surface area contributed by atoms with Crippen LogP contribution in [0, 0.1) is 10.1 Å². The first-order chi connectivity index (χ1) is 8.06. The summed E-state index contributed by atoms with van der Waals surface area (Å²) in [5, 5.41) is 13.2. The number of nitro benzene ring substituents is 1. The fraction of sp³-hybridized carbons (Fsp3) is 0.300. The maximum atomic E-state index is 11.6. The van der Waals surface area contributed by atoms with Crippen molar-refractivity contribution in [3.63, 3.8) is 0 Å². The van der Waals surface area contributed by atoms with E-state index in [2.05, 4.69) is 5.32 Å². The maximum Gasteiger partial charge on any atom is 0.288 e. The average Bonchev–Trinajstić information content (AvgIpc) is 2.29. The summed E-state index contributed by atoms with van der Waals surface area (Å²) in [5.74, 6) is -0.401. The molecule has 0 spiro atoms. The van der Waals surface area contributed by atoms with Crippen molar-refractivity contribution in [2.75, 3.05) is 20.3 Å². The Morgan fingerprint density at radius 1 is 1.59 bits per heavy atom. The molecule has 1 aromatic carbocycles. The summed E-state index contributed by atoms with van der Waals surface area (Å²) < 4.78 is 4.77. The maximum absolute atomic E-state index is 11.6. The van der Waals surface area contributed by atoms with Crippen LogP contribution in [0.25, 0.3) is 0 Å². The fourth-order valence-corrected chi connectivity index (χ4v) is 1.35. The minimum absolute atomic E-state index is 0.00319. The van der Waals surface area contributed by atoms with Gasteiger partial charge in [-0.05, 0) is 12.1 Å². The Balaban J connectivity index is 2.81. The highest BCUT2D eigenvalue weighted by molar-refractivity contribution is 6.32. The van der Waals surface area contributed by atoms with Crippen molar-refractivity contribution in [1.29, 1.82) is 0 Å². The third-order valence-corrected chi connectivity index (χ3v) is 2.32. The number of nitrogens with one attached hydrogen (secondary N) is 1. The van der Waals surface area contributed by atoms with Crippen LogP contribution in [-0.4, -0.2) is 31.1 Å². The standard InChI is InChI=1S/C10H11ClN2O4/c1-17-5-4-12-10(14)7-2-3-8(11)9(6-7)13(15)16/h2-3,6H,4-5H2,1H3,(H,12,14). The van der Waals surface area contributed by atoms with E-state index in [1.54, 1.807) is 0 Å². The number of hydrogen-bond donors (Lipinski definition) is 1. The van der Waals surface area contributed by atoms with Crippen molar-refractivity contribution >= 4 is 23.2 Å². The third kappa shape index (κ3) is 3.69. The smallest absolute Gasteiger partial charge is 0.288 e. The summed E-state index contributed by atoms with van der Waals surface area (Å²) in [6.45, 7) is 0.715. The van der Waals surface area contributed by atoms with E-state index < -0.39 is 10.8 Å². The second-order valence-electron chi connectivity index (χ2n) is 3.17. The van der Waals surface area contributed by atoms with Crippen molar-refractivity contribution in [1.82, 2.24) is 5.32 Å². The SMILES string of the molecule is COCCNC(=O)c1ccc(Cl)c([N+](=O)[O-])c1. The summed E-state index contributed by atoms with van der Waals surface area (Å²) >= 11 is 5.63. The van der Waals surface area contributed by atoms with Crippen LogP contribution >= 0.6 is 11.6 Å². The Labute approximate surface area is 103 Å². The molecule has 0 aliphatic carbocycles. The molecule has 0 unspecified atom stereocenters. The van der Waals surface area contributed by atoms with Crippen molar-refractivity contribution in [2.24, 2.45) is 0 Å². The molecule has 0 aliphatic rings. The van der Waals surface area contributed by atoms with E-state index in [4.69, 9.17) is 16.3 Å². The third-order valence-electron chi connectivity index (χ3n) is 2.00. The molecule has 0 heterocycles. The molecule has 6 nitrogen and oxygen atoms in total. The van der Waals surface area contributed by atoms with Gasteiger partial charge in [-0.3, -0.25) is 14.9 Å². The lowest BCUT2D eigenvalue weighted by atomic mass is 10.2. The molecule has 7 heteroatoms. The zero-order valence-electron chi connectivity index (χ0n) is 9.10. The molecule has 0 aliphatic heterocycles. The van der Waals surface area contributed by atoms with Crippen LogP contribution in [-0.2, 0) is 4.74 Å². The molecule has 0 saturated heterocycles. The number of carbonyl (C=O) groups is 1. The van der Waals surface area contributed by atoms with E-state index in [-0.39, 0.29) is 16.3 Å². The predicted molar refractivity (Wildman–Crippen MR) is 62.3 cm³/mol. The highest BCUT2D eigenvalue weighted by atomic mass is 35.5. The molecular formula is C10H11ClN2O4. The van der Waals surface area contributed by atoms with E-state index >= 15 is 0 Å². The Hall–Kier alpha value is -1.66.